The molecule has 1 aromatic rings. The SMILES string of the molecule is CCCC(CNC(=O)N(C)Cc1cscn1)C(=O)O. The minimum Gasteiger partial charge on any atom is -0.481 e. The molecule has 0 aliphatic heterocycles. The Hall–Kier alpha value is -1.63. The summed E-state index contributed by atoms with van der Waals surface area (Å²) in [5.74, 6) is -1.40. The van der Waals surface area contributed by atoms with Crippen molar-refractivity contribution in [2.45, 2.75) is 26.3 Å². The minimum atomic E-state index is -0.871. The highest BCUT2D eigenvalue weighted by Crippen LogP contribution is 2.06. The Balaban J connectivity index is 2.39. The maximum atomic E-state index is 11.8. The van der Waals surface area contributed by atoms with Crippen LogP contribution in [0.4, 0.5) is 4.79 Å². The van der Waals surface area contributed by atoms with Crippen molar-refractivity contribution >= 4 is 23.3 Å². The molecular formula is C12H19N3O3S. The second kappa shape index (κ2) is 7.73. The van der Waals surface area contributed by atoms with Gasteiger partial charge in [-0.25, -0.2) is 9.78 Å². The van der Waals surface area contributed by atoms with Crippen molar-refractivity contribution in [1.82, 2.24) is 15.2 Å². The van der Waals surface area contributed by atoms with E-state index in [1.165, 1.54) is 16.2 Å². The highest BCUT2D eigenvalue weighted by atomic mass is 32.1. The summed E-state index contributed by atoms with van der Waals surface area (Å²) in [5.41, 5.74) is 2.54. The number of aromatic nitrogens is 1. The first kappa shape index (κ1) is 15.4. The topological polar surface area (TPSA) is 82.5 Å². The Bertz CT molecular complexity index is 408. The van der Waals surface area contributed by atoms with Crippen LogP contribution in [0.3, 0.4) is 0 Å². The predicted octanol–water partition coefficient (Wildman–Crippen LogP) is 1.79. The average Bonchev–Trinajstić information content (AvgIpc) is 2.86. The second-order valence-corrected chi connectivity index (χ2v) is 5.06. The minimum absolute atomic E-state index is 0.156. The van der Waals surface area contributed by atoms with Crippen LogP contribution < -0.4 is 5.32 Å². The molecule has 0 radical (unpaired) electrons. The van der Waals surface area contributed by atoms with Gasteiger partial charge in [-0.15, -0.1) is 11.3 Å². The molecule has 106 valence electrons. The molecule has 0 bridgehead atoms. The first-order valence-electron chi connectivity index (χ1n) is 6.13. The molecule has 1 aromatic heterocycles. The van der Waals surface area contributed by atoms with Crippen LogP contribution in [-0.4, -0.2) is 40.6 Å². The van der Waals surface area contributed by atoms with Crippen LogP contribution in [0, 0.1) is 5.92 Å². The average molecular weight is 285 g/mol. The molecule has 0 spiro atoms. The molecule has 2 N–H and O–H groups in total. The number of carbonyl (C=O) groups is 2. The van der Waals surface area contributed by atoms with Gasteiger partial charge in [-0.1, -0.05) is 13.3 Å². The molecular weight excluding hydrogens is 266 g/mol. The number of hydrogen-bond acceptors (Lipinski definition) is 4. The first-order valence-corrected chi connectivity index (χ1v) is 7.07. The Morgan fingerprint density at radius 2 is 2.32 bits per heavy atom. The number of hydrogen-bond donors (Lipinski definition) is 2. The molecule has 2 amide bonds. The molecule has 0 saturated carbocycles. The van der Waals surface area contributed by atoms with Gasteiger partial charge in [0.1, 0.15) is 0 Å². The fraction of sp³-hybridized carbons (Fsp3) is 0.583. The second-order valence-electron chi connectivity index (χ2n) is 4.35. The summed E-state index contributed by atoms with van der Waals surface area (Å²) in [6.07, 6.45) is 1.34. The quantitative estimate of drug-likeness (QED) is 0.800. The van der Waals surface area contributed by atoms with Crippen molar-refractivity contribution in [2.24, 2.45) is 5.92 Å². The monoisotopic (exact) mass is 285 g/mol. The van der Waals surface area contributed by atoms with Gasteiger partial charge in [-0.2, -0.15) is 0 Å². The smallest absolute Gasteiger partial charge is 0.317 e. The van der Waals surface area contributed by atoms with E-state index in [1.54, 1.807) is 12.6 Å². The number of rotatable bonds is 7. The van der Waals surface area contributed by atoms with Crippen LogP contribution in [0.5, 0.6) is 0 Å². The fourth-order valence-corrected chi connectivity index (χ4v) is 2.19. The Morgan fingerprint density at radius 1 is 1.58 bits per heavy atom. The maximum absolute atomic E-state index is 11.8. The van der Waals surface area contributed by atoms with Crippen LogP contribution in [0.1, 0.15) is 25.5 Å². The molecule has 0 aliphatic rings. The molecule has 19 heavy (non-hydrogen) atoms. The maximum Gasteiger partial charge on any atom is 0.317 e. The summed E-state index contributed by atoms with van der Waals surface area (Å²) in [7, 11) is 1.66. The van der Waals surface area contributed by atoms with Crippen molar-refractivity contribution in [2.75, 3.05) is 13.6 Å². The molecule has 0 aliphatic carbocycles. The van der Waals surface area contributed by atoms with E-state index in [-0.39, 0.29) is 12.6 Å². The number of amides is 2. The summed E-state index contributed by atoms with van der Waals surface area (Å²) in [6.45, 7) is 2.50. The van der Waals surface area contributed by atoms with Crippen molar-refractivity contribution < 1.29 is 14.7 Å². The third-order valence-electron chi connectivity index (χ3n) is 2.72. The van der Waals surface area contributed by atoms with Crippen LogP contribution in [0.15, 0.2) is 10.9 Å². The molecule has 1 atom stereocenters. The van der Waals surface area contributed by atoms with Gasteiger partial charge >= 0.3 is 12.0 Å². The lowest BCUT2D eigenvalue weighted by molar-refractivity contribution is -0.141. The van der Waals surface area contributed by atoms with Crippen LogP contribution >= 0.6 is 11.3 Å². The summed E-state index contributed by atoms with van der Waals surface area (Å²) >= 11 is 1.47. The zero-order chi connectivity index (χ0) is 14.3. The third kappa shape index (κ3) is 5.25. The van der Waals surface area contributed by atoms with E-state index in [2.05, 4.69) is 10.3 Å². The van der Waals surface area contributed by atoms with Crippen molar-refractivity contribution in [3.05, 3.63) is 16.6 Å². The predicted molar refractivity (Wildman–Crippen MR) is 73.0 cm³/mol. The third-order valence-corrected chi connectivity index (χ3v) is 3.35. The zero-order valence-electron chi connectivity index (χ0n) is 11.1. The van der Waals surface area contributed by atoms with E-state index in [0.29, 0.717) is 13.0 Å². The standard InChI is InChI=1S/C12H19N3O3S/c1-3-4-9(11(16)17)5-13-12(18)15(2)6-10-7-19-8-14-10/h7-9H,3-6H2,1-2H3,(H,13,18)(H,16,17). The molecule has 1 heterocycles. The van der Waals surface area contributed by atoms with E-state index < -0.39 is 11.9 Å². The largest absolute Gasteiger partial charge is 0.481 e. The molecule has 6 nitrogen and oxygen atoms in total. The Kier molecular flexibility index (Phi) is 6.27. The van der Waals surface area contributed by atoms with E-state index in [1.807, 2.05) is 12.3 Å². The summed E-state index contributed by atoms with van der Waals surface area (Å²) in [4.78, 5) is 28.3. The lowest BCUT2D eigenvalue weighted by Gasteiger charge is -2.18. The Morgan fingerprint density at radius 3 is 2.84 bits per heavy atom. The molecule has 0 saturated heterocycles. The van der Waals surface area contributed by atoms with Gasteiger partial charge in [0.2, 0.25) is 0 Å². The molecule has 1 rings (SSSR count). The highest BCUT2D eigenvalue weighted by molar-refractivity contribution is 7.07. The van der Waals surface area contributed by atoms with Gasteiger partial charge in [0, 0.05) is 19.0 Å². The number of carbonyl (C=O) groups excluding carboxylic acids is 1. The zero-order valence-corrected chi connectivity index (χ0v) is 11.9. The van der Waals surface area contributed by atoms with Crippen molar-refractivity contribution in [1.29, 1.82) is 0 Å². The van der Waals surface area contributed by atoms with E-state index in [9.17, 15) is 9.59 Å². The Labute approximate surface area is 116 Å². The van der Waals surface area contributed by atoms with Gasteiger partial charge in [0.25, 0.3) is 0 Å². The number of thiazole rings is 1. The summed E-state index contributed by atoms with van der Waals surface area (Å²) in [6, 6.07) is -0.282. The number of carboxylic acids is 1. The van der Waals surface area contributed by atoms with E-state index in [4.69, 9.17) is 5.11 Å². The number of nitrogens with one attached hydrogen (secondary N) is 1. The van der Waals surface area contributed by atoms with Gasteiger partial charge in [0.15, 0.2) is 0 Å². The van der Waals surface area contributed by atoms with Crippen molar-refractivity contribution in [3.63, 3.8) is 0 Å². The van der Waals surface area contributed by atoms with Crippen LogP contribution in [-0.2, 0) is 11.3 Å². The lowest BCUT2D eigenvalue weighted by atomic mass is 10.0. The van der Waals surface area contributed by atoms with Gasteiger partial charge in [-0.05, 0) is 6.42 Å². The van der Waals surface area contributed by atoms with Crippen LogP contribution in [0.2, 0.25) is 0 Å². The van der Waals surface area contributed by atoms with Crippen LogP contribution in [0.25, 0.3) is 0 Å². The first-order chi connectivity index (χ1) is 9.04. The normalized spacial score (nSPS) is 11.9. The van der Waals surface area contributed by atoms with Gasteiger partial charge in [-0.3, -0.25) is 4.79 Å². The van der Waals surface area contributed by atoms with Crippen molar-refractivity contribution in [3.8, 4) is 0 Å². The number of urea groups is 1. The number of aliphatic carboxylic acids is 1. The number of carboxylic acid groups (broad SMARTS) is 1. The number of nitrogens with zero attached hydrogens (tertiary/aromatic N) is 2. The highest BCUT2D eigenvalue weighted by Gasteiger charge is 2.18. The lowest BCUT2D eigenvalue weighted by Crippen LogP contribution is -2.40. The fourth-order valence-electron chi connectivity index (χ4n) is 1.64. The van der Waals surface area contributed by atoms with E-state index >= 15 is 0 Å². The van der Waals surface area contributed by atoms with E-state index in [0.717, 1.165) is 12.1 Å². The van der Waals surface area contributed by atoms with Gasteiger partial charge < -0.3 is 15.3 Å². The molecule has 0 aromatic carbocycles. The summed E-state index contributed by atoms with van der Waals surface area (Å²) in [5, 5.41) is 13.5. The molecule has 0 fully saturated rings. The van der Waals surface area contributed by atoms with Gasteiger partial charge in [0.05, 0.1) is 23.7 Å². The molecule has 1 unspecified atom stereocenters. The molecule has 7 heteroatoms. The summed E-state index contributed by atoms with van der Waals surface area (Å²) < 4.78 is 0.